The molecule has 16 heavy (non-hydrogen) atoms. The van der Waals surface area contributed by atoms with E-state index in [1.54, 1.807) is 19.1 Å². The molecule has 2 atom stereocenters. The Morgan fingerprint density at radius 2 is 2.38 bits per heavy atom. The van der Waals surface area contributed by atoms with Gasteiger partial charge in [-0.1, -0.05) is 12.1 Å². The fourth-order valence-electron chi connectivity index (χ4n) is 1.64. The highest BCUT2D eigenvalue weighted by Crippen LogP contribution is 2.33. The van der Waals surface area contributed by atoms with Crippen molar-refractivity contribution in [2.24, 2.45) is 0 Å². The number of carboxylic acids is 1. The molecule has 0 aliphatic carbocycles. The summed E-state index contributed by atoms with van der Waals surface area (Å²) in [6, 6.07) is 4.35. The van der Waals surface area contributed by atoms with E-state index in [4.69, 9.17) is 5.11 Å². The predicted octanol–water partition coefficient (Wildman–Crippen LogP) is 1.92. The van der Waals surface area contributed by atoms with E-state index in [0.29, 0.717) is 11.3 Å². The molecule has 2 unspecified atom stereocenters. The van der Waals surface area contributed by atoms with Crippen LogP contribution in [-0.4, -0.2) is 22.9 Å². The molecule has 0 bridgehead atoms. The van der Waals surface area contributed by atoms with Gasteiger partial charge in [-0.05, 0) is 24.1 Å². The summed E-state index contributed by atoms with van der Waals surface area (Å²) in [4.78, 5) is 10.8. The highest BCUT2D eigenvalue weighted by molar-refractivity contribution is 7.99. The van der Waals surface area contributed by atoms with E-state index in [2.05, 4.69) is 5.32 Å². The van der Waals surface area contributed by atoms with Gasteiger partial charge in [-0.3, -0.25) is 10.1 Å². The number of hydrogen-bond acceptors (Lipinski definition) is 3. The van der Waals surface area contributed by atoms with Crippen LogP contribution in [0.2, 0.25) is 0 Å². The Morgan fingerprint density at radius 1 is 1.62 bits per heavy atom. The molecule has 2 rings (SSSR count). The van der Waals surface area contributed by atoms with E-state index in [9.17, 15) is 9.18 Å². The molecule has 86 valence electrons. The zero-order valence-corrected chi connectivity index (χ0v) is 9.55. The SMILES string of the molecule is Cc1cc(C2NC(C(=O)O)CS2)ccc1F. The number of nitrogens with one attached hydrogen (secondary N) is 1. The summed E-state index contributed by atoms with van der Waals surface area (Å²) < 4.78 is 13.1. The molecule has 2 N–H and O–H groups in total. The molecular weight excluding hydrogens is 229 g/mol. The number of hydrogen-bond donors (Lipinski definition) is 2. The second-order valence-electron chi connectivity index (χ2n) is 3.78. The molecular formula is C11H12FNO2S. The number of aryl methyl sites for hydroxylation is 1. The molecule has 5 heteroatoms. The molecule has 0 radical (unpaired) electrons. The van der Waals surface area contributed by atoms with Gasteiger partial charge >= 0.3 is 5.97 Å². The number of carbonyl (C=O) groups is 1. The van der Waals surface area contributed by atoms with Crippen LogP contribution in [0.1, 0.15) is 16.5 Å². The zero-order chi connectivity index (χ0) is 11.7. The van der Waals surface area contributed by atoms with Crippen molar-refractivity contribution in [3.63, 3.8) is 0 Å². The van der Waals surface area contributed by atoms with Crippen LogP contribution in [0, 0.1) is 12.7 Å². The van der Waals surface area contributed by atoms with Gasteiger partial charge in [-0.2, -0.15) is 0 Å². The largest absolute Gasteiger partial charge is 0.480 e. The molecule has 1 aromatic carbocycles. The molecule has 0 amide bonds. The average molecular weight is 241 g/mol. The number of benzene rings is 1. The van der Waals surface area contributed by atoms with Crippen molar-refractivity contribution in [1.82, 2.24) is 5.32 Å². The minimum atomic E-state index is -0.839. The van der Waals surface area contributed by atoms with Crippen LogP contribution in [0.25, 0.3) is 0 Å². The van der Waals surface area contributed by atoms with Gasteiger partial charge in [0.25, 0.3) is 0 Å². The molecule has 1 fully saturated rings. The lowest BCUT2D eigenvalue weighted by Gasteiger charge is -2.12. The highest BCUT2D eigenvalue weighted by Gasteiger charge is 2.30. The van der Waals surface area contributed by atoms with Gasteiger partial charge in [0, 0.05) is 5.75 Å². The quantitative estimate of drug-likeness (QED) is 0.830. The van der Waals surface area contributed by atoms with Crippen LogP contribution in [0.4, 0.5) is 4.39 Å². The van der Waals surface area contributed by atoms with E-state index >= 15 is 0 Å². The van der Waals surface area contributed by atoms with Crippen molar-refractivity contribution in [1.29, 1.82) is 0 Å². The maximum Gasteiger partial charge on any atom is 0.321 e. The first-order valence-electron chi connectivity index (χ1n) is 4.94. The molecule has 0 saturated carbocycles. The second-order valence-corrected chi connectivity index (χ2v) is 4.92. The van der Waals surface area contributed by atoms with E-state index in [1.807, 2.05) is 0 Å². The van der Waals surface area contributed by atoms with E-state index in [0.717, 1.165) is 5.56 Å². The summed E-state index contributed by atoms with van der Waals surface area (Å²) in [6.07, 6.45) is 0. The summed E-state index contributed by atoms with van der Waals surface area (Å²) in [6.45, 7) is 1.70. The zero-order valence-electron chi connectivity index (χ0n) is 8.74. The van der Waals surface area contributed by atoms with Gasteiger partial charge in [0.15, 0.2) is 0 Å². The smallest absolute Gasteiger partial charge is 0.321 e. The van der Waals surface area contributed by atoms with Gasteiger partial charge in [0.2, 0.25) is 0 Å². The van der Waals surface area contributed by atoms with Crippen molar-refractivity contribution < 1.29 is 14.3 Å². The Balaban J connectivity index is 2.14. The van der Waals surface area contributed by atoms with Crippen LogP contribution in [-0.2, 0) is 4.79 Å². The van der Waals surface area contributed by atoms with Gasteiger partial charge in [-0.25, -0.2) is 4.39 Å². The lowest BCUT2D eigenvalue weighted by molar-refractivity contribution is -0.138. The lowest BCUT2D eigenvalue weighted by atomic mass is 10.1. The number of rotatable bonds is 2. The third-order valence-corrected chi connectivity index (χ3v) is 3.83. The van der Waals surface area contributed by atoms with Gasteiger partial charge in [0.05, 0.1) is 5.37 Å². The average Bonchev–Trinajstić information content (AvgIpc) is 2.71. The van der Waals surface area contributed by atoms with Crippen LogP contribution in [0.5, 0.6) is 0 Å². The summed E-state index contributed by atoms with van der Waals surface area (Å²) in [5.74, 6) is -0.536. The van der Waals surface area contributed by atoms with Gasteiger partial charge in [-0.15, -0.1) is 11.8 Å². The number of carboxylic acid groups (broad SMARTS) is 1. The third-order valence-electron chi connectivity index (χ3n) is 2.56. The summed E-state index contributed by atoms with van der Waals surface area (Å²) in [5.41, 5.74) is 1.51. The standard InChI is InChI=1S/C11H12FNO2S/c1-6-4-7(2-3-8(6)12)10-13-9(5-16-10)11(14)15/h2-4,9-10,13H,5H2,1H3,(H,14,15). The summed E-state index contributed by atoms with van der Waals surface area (Å²) in [5, 5.41) is 11.8. The molecule has 1 aliphatic rings. The first-order chi connectivity index (χ1) is 7.58. The first kappa shape index (κ1) is 11.4. The summed E-state index contributed by atoms with van der Waals surface area (Å²) in [7, 11) is 0. The lowest BCUT2D eigenvalue weighted by Crippen LogP contribution is -2.33. The van der Waals surface area contributed by atoms with Crippen LogP contribution in [0.15, 0.2) is 18.2 Å². The normalized spacial score (nSPS) is 24.6. The van der Waals surface area contributed by atoms with Crippen molar-refractivity contribution in [3.8, 4) is 0 Å². The van der Waals surface area contributed by atoms with E-state index < -0.39 is 12.0 Å². The molecule has 0 aromatic heterocycles. The Morgan fingerprint density at radius 3 is 2.94 bits per heavy atom. The molecule has 0 spiro atoms. The Labute approximate surface area is 97.0 Å². The number of aliphatic carboxylic acids is 1. The topological polar surface area (TPSA) is 49.3 Å². The van der Waals surface area contributed by atoms with E-state index in [1.165, 1.54) is 17.8 Å². The Kier molecular flexibility index (Phi) is 3.16. The number of thioether (sulfide) groups is 1. The fraction of sp³-hybridized carbons (Fsp3) is 0.364. The van der Waals surface area contributed by atoms with Gasteiger partial charge in [0.1, 0.15) is 11.9 Å². The maximum absolute atomic E-state index is 13.1. The van der Waals surface area contributed by atoms with Crippen molar-refractivity contribution in [3.05, 3.63) is 35.1 Å². The van der Waals surface area contributed by atoms with E-state index in [-0.39, 0.29) is 11.2 Å². The second kappa shape index (κ2) is 4.43. The van der Waals surface area contributed by atoms with Crippen LogP contribution in [0.3, 0.4) is 0 Å². The third kappa shape index (κ3) is 2.20. The highest BCUT2D eigenvalue weighted by atomic mass is 32.2. The van der Waals surface area contributed by atoms with Crippen molar-refractivity contribution >= 4 is 17.7 Å². The molecule has 1 heterocycles. The summed E-state index contributed by atoms with van der Waals surface area (Å²) >= 11 is 1.53. The maximum atomic E-state index is 13.1. The van der Waals surface area contributed by atoms with Gasteiger partial charge < -0.3 is 5.11 Å². The van der Waals surface area contributed by atoms with Crippen LogP contribution < -0.4 is 5.32 Å². The van der Waals surface area contributed by atoms with Crippen molar-refractivity contribution in [2.75, 3.05) is 5.75 Å². The van der Waals surface area contributed by atoms with Crippen molar-refractivity contribution in [2.45, 2.75) is 18.3 Å². The predicted molar refractivity (Wildman–Crippen MR) is 60.9 cm³/mol. The monoisotopic (exact) mass is 241 g/mol. The fourth-order valence-corrected chi connectivity index (χ4v) is 2.86. The van der Waals surface area contributed by atoms with Crippen LogP contribution >= 0.6 is 11.8 Å². The molecule has 1 aromatic rings. The number of halogens is 1. The Hall–Kier alpha value is -1.07. The molecule has 3 nitrogen and oxygen atoms in total. The Bertz CT molecular complexity index is 424. The first-order valence-corrected chi connectivity index (χ1v) is 5.99. The molecule has 1 saturated heterocycles. The minimum absolute atomic E-state index is 0.0552. The minimum Gasteiger partial charge on any atom is -0.480 e. The molecule has 1 aliphatic heterocycles.